The van der Waals surface area contributed by atoms with Gasteiger partial charge in [-0.3, -0.25) is 0 Å². The summed E-state index contributed by atoms with van der Waals surface area (Å²) < 4.78 is 0. The highest BCUT2D eigenvalue weighted by Gasteiger charge is 2.02. The lowest BCUT2D eigenvalue weighted by atomic mass is 10.2. The molecule has 0 amide bonds. The molecule has 1 heterocycles. The van der Waals surface area contributed by atoms with Crippen molar-refractivity contribution in [3.63, 3.8) is 0 Å². The van der Waals surface area contributed by atoms with Crippen LogP contribution in [0.5, 0.6) is 0 Å². The van der Waals surface area contributed by atoms with E-state index in [9.17, 15) is 0 Å². The summed E-state index contributed by atoms with van der Waals surface area (Å²) in [6, 6.07) is 5.91. The summed E-state index contributed by atoms with van der Waals surface area (Å²) in [4.78, 5) is 4.16. The Morgan fingerprint density at radius 1 is 1.55 bits per heavy atom. The first-order valence-corrected chi connectivity index (χ1v) is 3.63. The maximum absolute atomic E-state index is 5.51. The number of nitrogens with zero attached hydrogens (tertiary/aromatic N) is 1. The zero-order valence-corrected chi connectivity index (χ0v) is 6.83. The quantitative estimate of drug-likeness (QED) is 0.661. The summed E-state index contributed by atoms with van der Waals surface area (Å²) in [6.45, 7) is 2.04. The Bertz CT molecular complexity index is 235. The third-order valence-corrected chi connectivity index (χ3v) is 1.67. The minimum Gasteiger partial charge on any atom is -0.384 e. The van der Waals surface area contributed by atoms with Crippen molar-refractivity contribution in [3.05, 3.63) is 23.9 Å². The molecule has 3 heteroatoms. The Morgan fingerprint density at radius 3 is 2.82 bits per heavy atom. The van der Waals surface area contributed by atoms with Crippen LogP contribution in [0.15, 0.2) is 18.2 Å². The van der Waals surface area contributed by atoms with E-state index in [-0.39, 0.29) is 6.04 Å². The summed E-state index contributed by atoms with van der Waals surface area (Å²) in [6.07, 6.45) is 0. The maximum atomic E-state index is 5.51. The van der Waals surface area contributed by atoms with Crippen LogP contribution in [0.4, 0.5) is 5.82 Å². The number of hydrogen-bond acceptors (Lipinski definition) is 3. The normalized spacial score (nSPS) is 12.9. The lowest BCUT2D eigenvalue weighted by Gasteiger charge is -2.08. The van der Waals surface area contributed by atoms with Crippen molar-refractivity contribution in [2.75, 3.05) is 12.8 Å². The number of nitrogens with one attached hydrogen (secondary N) is 1. The molecule has 3 N–H and O–H groups in total. The second kappa shape index (κ2) is 3.34. The molecule has 11 heavy (non-hydrogen) atoms. The monoisotopic (exact) mass is 151 g/mol. The lowest BCUT2D eigenvalue weighted by Crippen LogP contribution is -2.14. The van der Waals surface area contributed by atoms with Gasteiger partial charge in [-0.25, -0.2) is 4.98 Å². The lowest BCUT2D eigenvalue weighted by molar-refractivity contribution is 0.634. The van der Waals surface area contributed by atoms with Crippen molar-refractivity contribution < 1.29 is 0 Å². The predicted molar refractivity (Wildman–Crippen MR) is 46.1 cm³/mol. The second-order valence-corrected chi connectivity index (χ2v) is 2.50. The van der Waals surface area contributed by atoms with Crippen LogP contribution in [0.2, 0.25) is 0 Å². The molecule has 0 saturated carbocycles. The molecule has 0 saturated heterocycles. The van der Waals surface area contributed by atoms with Gasteiger partial charge in [0.2, 0.25) is 0 Å². The van der Waals surface area contributed by atoms with E-state index in [2.05, 4.69) is 10.3 Å². The van der Waals surface area contributed by atoms with Crippen molar-refractivity contribution in [1.29, 1.82) is 0 Å². The van der Waals surface area contributed by atoms with E-state index in [1.807, 2.05) is 26.1 Å². The minimum atomic E-state index is 0.262. The molecule has 0 aromatic carbocycles. The van der Waals surface area contributed by atoms with E-state index in [0.717, 1.165) is 5.69 Å². The van der Waals surface area contributed by atoms with E-state index < -0.39 is 0 Å². The molecule has 0 aliphatic heterocycles. The zero-order valence-electron chi connectivity index (χ0n) is 6.83. The predicted octanol–water partition coefficient (Wildman–Crippen LogP) is 0.944. The van der Waals surface area contributed by atoms with Crippen molar-refractivity contribution in [1.82, 2.24) is 10.3 Å². The van der Waals surface area contributed by atoms with Crippen molar-refractivity contribution >= 4 is 5.82 Å². The van der Waals surface area contributed by atoms with Crippen LogP contribution < -0.4 is 11.1 Å². The fourth-order valence-corrected chi connectivity index (χ4v) is 0.858. The Balaban J connectivity index is 2.86. The van der Waals surface area contributed by atoms with Gasteiger partial charge >= 0.3 is 0 Å². The van der Waals surface area contributed by atoms with E-state index >= 15 is 0 Å². The van der Waals surface area contributed by atoms with Crippen LogP contribution in [0.3, 0.4) is 0 Å². The minimum absolute atomic E-state index is 0.262. The van der Waals surface area contributed by atoms with Gasteiger partial charge in [-0.1, -0.05) is 6.07 Å². The average Bonchev–Trinajstić information content (AvgIpc) is 2.03. The van der Waals surface area contributed by atoms with E-state index in [4.69, 9.17) is 5.73 Å². The molecule has 1 atom stereocenters. The molecule has 0 spiro atoms. The fourth-order valence-electron chi connectivity index (χ4n) is 0.858. The number of anilines is 1. The number of rotatable bonds is 2. The molecule has 0 aliphatic carbocycles. The summed E-state index contributed by atoms with van der Waals surface area (Å²) in [5.41, 5.74) is 6.49. The number of hydrogen-bond donors (Lipinski definition) is 2. The zero-order chi connectivity index (χ0) is 8.27. The molecule has 3 nitrogen and oxygen atoms in total. The standard InChI is InChI=1S/C8H13N3/c1-6(10-2)7-4-3-5-8(9)11-7/h3-6,10H,1-2H3,(H2,9,11)/t6-/m0/s1. The second-order valence-electron chi connectivity index (χ2n) is 2.50. The Morgan fingerprint density at radius 2 is 2.27 bits per heavy atom. The number of nitrogens with two attached hydrogens (primary N) is 1. The Labute approximate surface area is 66.6 Å². The van der Waals surface area contributed by atoms with Crippen molar-refractivity contribution in [2.24, 2.45) is 0 Å². The van der Waals surface area contributed by atoms with E-state index in [1.54, 1.807) is 6.07 Å². The van der Waals surface area contributed by atoms with E-state index in [1.165, 1.54) is 0 Å². The number of aromatic nitrogens is 1. The molecule has 60 valence electrons. The maximum Gasteiger partial charge on any atom is 0.123 e. The molecule has 1 rings (SSSR count). The van der Waals surface area contributed by atoms with E-state index in [0.29, 0.717) is 5.82 Å². The topological polar surface area (TPSA) is 50.9 Å². The summed E-state index contributed by atoms with van der Waals surface area (Å²) in [5, 5.41) is 3.09. The first-order chi connectivity index (χ1) is 5.24. The highest BCUT2D eigenvalue weighted by molar-refractivity contribution is 5.29. The van der Waals surface area contributed by atoms with Gasteiger partial charge in [0, 0.05) is 6.04 Å². The highest BCUT2D eigenvalue weighted by atomic mass is 14.9. The van der Waals surface area contributed by atoms with Crippen molar-refractivity contribution in [2.45, 2.75) is 13.0 Å². The highest BCUT2D eigenvalue weighted by Crippen LogP contribution is 2.09. The van der Waals surface area contributed by atoms with Crippen LogP contribution in [0.1, 0.15) is 18.7 Å². The third kappa shape index (κ3) is 1.91. The fraction of sp³-hybridized carbons (Fsp3) is 0.375. The Kier molecular flexibility index (Phi) is 2.44. The van der Waals surface area contributed by atoms with Gasteiger partial charge < -0.3 is 11.1 Å². The number of nitrogen functional groups attached to an aromatic ring is 1. The summed E-state index contributed by atoms with van der Waals surface area (Å²) >= 11 is 0. The van der Waals surface area contributed by atoms with Gasteiger partial charge in [-0.15, -0.1) is 0 Å². The first kappa shape index (κ1) is 8.01. The molecule has 0 unspecified atom stereocenters. The molecule has 1 aromatic heterocycles. The third-order valence-electron chi connectivity index (χ3n) is 1.67. The molecule has 1 aromatic rings. The molecule has 0 aliphatic rings. The van der Waals surface area contributed by atoms with Crippen molar-refractivity contribution in [3.8, 4) is 0 Å². The molecular formula is C8H13N3. The number of pyridine rings is 1. The SMILES string of the molecule is CN[C@@H](C)c1cccc(N)n1. The summed E-state index contributed by atoms with van der Waals surface area (Å²) in [7, 11) is 1.90. The van der Waals surface area contributed by atoms with Gasteiger partial charge in [0.1, 0.15) is 5.82 Å². The average molecular weight is 151 g/mol. The molecular weight excluding hydrogens is 138 g/mol. The van der Waals surface area contributed by atoms with Gasteiger partial charge in [0.25, 0.3) is 0 Å². The van der Waals surface area contributed by atoms with Crippen LogP contribution in [-0.2, 0) is 0 Å². The van der Waals surface area contributed by atoms with Gasteiger partial charge in [-0.2, -0.15) is 0 Å². The Hall–Kier alpha value is -1.09. The molecule has 0 bridgehead atoms. The van der Waals surface area contributed by atoms with Crippen LogP contribution in [0, 0.1) is 0 Å². The van der Waals surface area contributed by atoms with Gasteiger partial charge in [0.05, 0.1) is 5.69 Å². The molecule has 0 radical (unpaired) electrons. The van der Waals surface area contributed by atoms with Crippen LogP contribution in [0.25, 0.3) is 0 Å². The van der Waals surface area contributed by atoms with Crippen LogP contribution in [-0.4, -0.2) is 12.0 Å². The summed E-state index contributed by atoms with van der Waals surface area (Å²) in [5.74, 6) is 0.574. The first-order valence-electron chi connectivity index (χ1n) is 3.63. The van der Waals surface area contributed by atoms with Crippen LogP contribution >= 0.6 is 0 Å². The van der Waals surface area contributed by atoms with Gasteiger partial charge in [-0.05, 0) is 26.1 Å². The van der Waals surface area contributed by atoms with Gasteiger partial charge in [0.15, 0.2) is 0 Å². The molecule has 0 fully saturated rings. The smallest absolute Gasteiger partial charge is 0.123 e. The largest absolute Gasteiger partial charge is 0.384 e.